The normalized spacial score (nSPS) is 30.3. The third-order valence-electron chi connectivity index (χ3n) is 4.60. The van der Waals surface area contributed by atoms with E-state index in [9.17, 15) is 9.90 Å². The first-order chi connectivity index (χ1) is 9.13. The van der Waals surface area contributed by atoms with Gasteiger partial charge in [0.25, 0.3) is 0 Å². The van der Waals surface area contributed by atoms with Crippen molar-refractivity contribution < 1.29 is 9.90 Å². The molecular formula is C16H21NO2. The van der Waals surface area contributed by atoms with Gasteiger partial charge in [0, 0.05) is 13.0 Å². The standard InChI is InChI=1S/C16H21NO2/c1-17(15(18)12-9-10-12)14-8-5-11-16(14,19)13-6-3-2-4-7-13/h2-4,6-7,12,14,19H,5,8-11H2,1H3. The molecule has 0 aliphatic heterocycles. The third kappa shape index (κ3) is 2.16. The molecule has 0 heterocycles. The number of hydrogen-bond acceptors (Lipinski definition) is 2. The number of hydrogen-bond donors (Lipinski definition) is 1. The number of aliphatic hydroxyl groups is 1. The Morgan fingerprint density at radius 3 is 2.58 bits per heavy atom. The first kappa shape index (κ1) is 12.7. The van der Waals surface area contributed by atoms with E-state index in [2.05, 4.69) is 0 Å². The minimum absolute atomic E-state index is 0.0806. The zero-order valence-corrected chi connectivity index (χ0v) is 11.4. The zero-order chi connectivity index (χ0) is 13.5. The molecule has 1 aromatic carbocycles. The summed E-state index contributed by atoms with van der Waals surface area (Å²) in [6, 6.07) is 9.71. The summed E-state index contributed by atoms with van der Waals surface area (Å²) >= 11 is 0. The molecule has 2 atom stereocenters. The molecule has 0 radical (unpaired) electrons. The summed E-state index contributed by atoms with van der Waals surface area (Å²) < 4.78 is 0. The Balaban J connectivity index is 1.86. The van der Waals surface area contributed by atoms with Crippen LogP contribution in [0.3, 0.4) is 0 Å². The number of carbonyl (C=O) groups excluding carboxylic acids is 1. The van der Waals surface area contributed by atoms with Crippen LogP contribution in [0.25, 0.3) is 0 Å². The minimum Gasteiger partial charge on any atom is -0.383 e. The molecule has 0 bridgehead atoms. The van der Waals surface area contributed by atoms with E-state index in [1.807, 2.05) is 37.4 Å². The Hall–Kier alpha value is -1.35. The summed E-state index contributed by atoms with van der Waals surface area (Å²) in [5.41, 5.74) is 0.0635. The second-order valence-corrected chi connectivity index (χ2v) is 5.92. The molecule has 3 rings (SSSR count). The van der Waals surface area contributed by atoms with Crippen molar-refractivity contribution in [1.29, 1.82) is 0 Å². The lowest BCUT2D eigenvalue weighted by atomic mass is 9.88. The Morgan fingerprint density at radius 2 is 1.95 bits per heavy atom. The smallest absolute Gasteiger partial charge is 0.225 e. The summed E-state index contributed by atoms with van der Waals surface area (Å²) in [7, 11) is 1.85. The Morgan fingerprint density at radius 1 is 1.26 bits per heavy atom. The molecule has 1 aromatic rings. The summed E-state index contributed by atoms with van der Waals surface area (Å²) in [4.78, 5) is 14.0. The fraction of sp³-hybridized carbons (Fsp3) is 0.562. The predicted octanol–water partition coefficient (Wildman–Crippen LogP) is 2.30. The lowest BCUT2D eigenvalue weighted by Gasteiger charge is -2.37. The highest BCUT2D eigenvalue weighted by Gasteiger charge is 2.47. The number of carbonyl (C=O) groups is 1. The molecule has 2 aliphatic carbocycles. The fourth-order valence-electron chi connectivity index (χ4n) is 3.32. The van der Waals surface area contributed by atoms with Crippen LogP contribution >= 0.6 is 0 Å². The van der Waals surface area contributed by atoms with Crippen LogP contribution in [0.4, 0.5) is 0 Å². The Bertz CT molecular complexity index is 469. The van der Waals surface area contributed by atoms with Crippen molar-refractivity contribution in [2.45, 2.75) is 43.7 Å². The van der Waals surface area contributed by atoms with Crippen molar-refractivity contribution in [3.05, 3.63) is 35.9 Å². The molecule has 2 saturated carbocycles. The quantitative estimate of drug-likeness (QED) is 0.904. The van der Waals surface area contributed by atoms with Crippen LogP contribution in [0.2, 0.25) is 0 Å². The van der Waals surface area contributed by atoms with Gasteiger partial charge in [-0.25, -0.2) is 0 Å². The molecule has 19 heavy (non-hydrogen) atoms. The van der Waals surface area contributed by atoms with E-state index in [1.54, 1.807) is 4.90 Å². The molecule has 3 heteroatoms. The highest BCUT2D eigenvalue weighted by molar-refractivity contribution is 5.81. The first-order valence-corrected chi connectivity index (χ1v) is 7.17. The molecule has 1 amide bonds. The predicted molar refractivity (Wildman–Crippen MR) is 73.5 cm³/mol. The van der Waals surface area contributed by atoms with Crippen molar-refractivity contribution in [2.75, 3.05) is 7.05 Å². The fourth-order valence-corrected chi connectivity index (χ4v) is 3.32. The van der Waals surface area contributed by atoms with Crippen LogP contribution in [-0.4, -0.2) is 29.0 Å². The molecule has 0 spiro atoms. The van der Waals surface area contributed by atoms with E-state index in [1.165, 1.54) is 0 Å². The number of likely N-dealkylation sites (N-methyl/N-ethyl adjacent to an activating group) is 1. The van der Waals surface area contributed by atoms with Gasteiger partial charge in [0.2, 0.25) is 5.91 Å². The van der Waals surface area contributed by atoms with Crippen molar-refractivity contribution >= 4 is 5.91 Å². The van der Waals surface area contributed by atoms with Crippen LogP contribution in [-0.2, 0) is 10.4 Å². The topological polar surface area (TPSA) is 40.5 Å². The van der Waals surface area contributed by atoms with Gasteiger partial charge < -0.3 is 10.0 Å². The molecule has 3 nitrogen and oxygen atoms in total. The zero-order valence-electron chi connectivity index (χ0n) is 11.4. The van der Waals surface area contributed by atoms with Gasteiger partial charge in [0.1, 0.15) is 5.60 Å². The maximum absolute atomic E-state index is 12.2. The number of amides is 1. The highest BCUT2D eigenvalue weighted by Crippen LogP contribution is 2.43. The van der Waals surface area contributed by atoms with Gasteiger partial charge in [-0.2, -0.15) is 0 Å². The van der Waals surface area contributed by atoms with Crippen molar-refractivity contribution in [3.8, 4) is 0 Å². The maximum atomic E-state index is 12.2. The van der Waals surface area contributed by atoms with Crippen LogP contribution in [0.15, 0.2) is 30.3 Å². The second kappa shape index (κ2) is 4.64. The molecular weight excluding hydrogens is 238 g/mol. The number of rotatable bonds is 3. The molecule has 2 fully saturated rings. The lowest BCUT2D eigenvalue weighted by molar-refractivity contribution is -0.138. The van der Waals surface area contributed by atoms with Gasteiger partial charge >= 0.3 is 0 Å². The third-order valence-corrected chi connectivity index (χ3v) is 4.60. The molecule has 0 aromatic heterocycles. The number of benzene rings is 1. The van der Waals surface area contributed by atoms with Crippen molar-refractivity contribution in [3.63, 3.8) is 0 Å². The van der Waals surface area contributed by atoms with E-state index in [-0.39, 0.29) is 17.9 Å². The molecule has 0 saturated heterocycles. The summed E-state index contributed by atoms with van der Waals surface area (Å²) in [5, 5.41) is 11.0. The second-order valence-electron chi connectivity index (χ2n) is 5.92. The van der Waals surface area contributed by atoms with E-state index in [0.29, 0.717) is 0 Å². The van der Waals surface area contributed by atoms with Gasteiger partial charge in [-0.15, -0.1) is 0 Å². The first-order valence-electron chi connectivity index (χ1n) is 7.17. The minimum atomic E-state index is -0.874. The highest BCUT2D eigenvalue weighted by atomic mass is 16.3. The molecule has 102 valence electrons. The summed E-state index contributed by atoms with van der Waals surface area (Å²) in [5.74, 6) is 0.423. The van der Waals surface area contributed by atoms with Crippen LogP contribution in [0.1, 0.15) is 37.7 Å². The summed E-state index contributed by atoms with van der Waals surface area (Å²) in [6.07, 6.45) is 4.63. The maximum Gasteiger partial charge on any atom is 0.225 e. The molecule has 2 unspecified atom stereocenters. The Labute approximate surface area is 114 Å². The van der Waals surface area contributed by atoms with Crippen LogP contribution < -0.4 is 0 Å². The SMILES string of the molecule is CN(C(=O)C1CC1)C1CCCC1(O)c1ccccc1. The van der Waals surface area contributed by atoms with Gasteiger partial charge in [0.05, 0.1) is 6.04 Å². The molecule has 1 N–H and O–H groups in total. The number of nitrogens with zero attached hydrogens (tertiary/aromatic N) is 1. The largest absolute Gasteiger partial charge is 0.383 e. The van der Waals surface area contributed by atoms with Crippen LogP contribution in [0.5, 0.6) is 0 Å². The van der Waals surface area contributed by atoms with Gasteiger partial charge in [-0.05, 0) is 37.7 Å². The van der Waals surface area contributed by atoms with E-state index < -0.39 is 5.60 Å². The summed E-state index contributed by atoms with van der Waals surface area (Å²) in [6.45, 7) is 0. The van der Waals surface area contributed by atoms with Crippen molar-refractivity contribution in [2.24, 2.45) is 5.92 Å². The average Bonchev–Trinajstić information content (AvgIpc) is 3.21. The average molecular weight is 259 g/mol. The van der Waals surface area contributed by atoms with Gasteiger partial charge in [-0.1, -0.05) is 30.3 Å². The Kier molecular flexibility index (Phi) is 3.09. The van der Waals surface area contributed by atoms with E-state index >= 15 is 0 Å². The molecule has 2 aliphatic rings. The van der Waals surface area contributed by atoms with Gasteiger partial charge in [-0.3, -0.25) is 4.79 Å². The lowest BCUT2D eigenvalue weighted by Crippen LogP contribution is -2.48. The van der Waals surface area contributed by atoms with Crippen molar-refractivity contribution in [1.82, 2.24) is 4.90 Å². The monoisotopic (exact) mass is 259 g/mol. The van der Waals surface area contributed by atoms with E-state index in [0.717, 1.165) is 37.7 Å². The van der Waals surface area contributed by atoms with Crippen LogP contribution in [0, 0.1) is 5.92 Å². The van der Waals surface area contributed by atoms with E-state index in [4.69, 9.17) is 0 Å². The van der Waals surface area contributed by atoms with Gasteiger partial charge in [0.15, 0.2) is 0 Å².